The number of fused-ring (bicyclic) bond motifs is 1. The summed E-state index contributed by atoms with van der Waals surface area (Å²) < 4.78 is 0. The Labute approximate surface area is 162 Å². The standard InChI is InChI=1S/C19H22ClN3O4/c1-22(10-16(24)21-13-8-6-12(20)7-9-13)17(25)11-23-18(26)14-4-2-3-5-15(14)19(23)27/h6-9,14-15H,2-5,10-11H2,1H3,(H,21,24)/t14-,15-/m0/s1. The van der Waals surface area contributed by atoms with Crippen molar-refractivity contribution in [3.63, 3.8) is 0 Å². The number of hydrogen-bond acceptors (Lipinski definition) is 4. The van der Waals surface area contributed by atoms with Crippen molar-refractivity contribution in [1.82, 2.24) is 9.80 Å². The minimum absolute atomic E-state index is 0.176. The van der Waals surface area contributed by atoms with Crippen LogP contribution in [0.1, 0.15) is 25.7 Å². The second-order valence-electron chi connectivity index (χ2n) is 7.06. The van der Waals surface area contributed by atoms with Gasteiger partial charge in [-0.3, -0.25) is 24.1 Å². The summed E-state index contributed by atoms with van der Waals surface area (Å²) in [7, 11) is 1.47. The summed E-state index contributed by atoms with van der Waals surface area (Å²) in [6.45, 7) is -0.486. The number of hydrogen-bond donors (Lipinski definition) is 1. The smallest absolute Gasteiger partial charge is 0.243 e. The van der Waals surface area contributed by atoms with Gasteiger partial charge in [0.1, 0.15) is 6.54 Å². The molecule has 1 N–H and O–H groups in total. The van der Waals surface area contributed by atoms with Crippen LogP contribution in [0.2, 0.25) is 5.02 Å². The summed E-state index contributed by atoms with van der Waals surface area (Å²) in [5, 5.41) is 3.22. The highest BCUT2D eigenvalue weighted by Gasteiger charge is 2.48. The summed E-state index contributed by atoms with van der Waals surface area (Å²) in [6.07, 6.45) is 3.29. The number of rotatable bonds is 5. The monoisotopic (exact) mass is 391 g/mol. The van der Waals surface area contributed by atoms with E-state index >= 15 is 0 Å². The molecule has 1 aromatic rings. The molecule has 1 aromatic carbocycles. The largest absolute Gasteiger partial charge is 0.335 e. The SMILES string of the molecule is CN(CC(=O)Nc1ccc(Cl)cc1)C(=O)CN1C(=O)[C@H]2CCCC[C@@H]2C1=O. The molecule has 0 radical (unpaired) electrons. The summed E-state index contributed by atoms with van der Waals surface area (Å²) in [5.41, 5.74) is 0.569. The molecular weight excluding hydrogens is 370 g/mol. The average Bonchev–Trinajstić information content (AvgIpc) is 2.89. The number of likely N-dealkylation sites (tertiary alicyclic amines) is 1. The van der Waals surface area contributed by atoms with Gasteiger partial charge in [-0.1, -0.05) is 24.4 Å². The minimum atomic E-state index is -0.443. The Morgan fingerprint density at radius 2 is 1.67 bits per heavy atom. The summed E-state index contributed by atoms with van der Waals surface area (Å²) in [6, 6.07) is 6.61. The van der Waals surface area contributed by atoms with Gasteiger partial charge in [-0.2, -0.15) is 0 Å². The quantitative estimate of drug-likeness (QED) is 0.777. The van der Waals surface area contributed by atoms with Crippen LogP contribution >= 0.6 is 11.6 Å². The van der Waals surface area contributed by atoms with E-state index in [2.05, 4.69) is 5.32 Å². The summed E-state index contributed by atoms with van der Waals surface area (Å²) >= 11 is 5.80. The van der Waals surface area contributed by atoms with Crippen LogP contribution in [0.25, 0.3) is 0 Å². The fourth-order valence-corrected chi connectivity index (χ4v) is 3.81. The van der Waals surface area contributed by atoms with Gasteiger partial charge in [-0.15, -0.1) is 0 Å². The third-order valence-electron chi connectivity index (χ3n) is 5.16. The molecule has 2 aliphatic rings. The Balaban J connectivity index is 1.54. The van der Waals surface area contributed by atoms with Crippen LogP contribution in [0.4, 0.5) is 5.69 Å². The van der Waals surface area contributed by atoms with Crippen molar-refractivity contribution in [2.75, 3.05) is 25.5 Å². The number of anilines is 1. The molecule has 1 aliphatic heterocycles. The molecule has 1 heterocycles. The predicted molar refractivity (Wildman–Crippen MR) is 99.9 cm³/mol. The van der Waals surface area contributed by atoms with E-state index in [1.807, 2.05) is 0 Å². The Morgan fingerprint density at radius 1 is 1.11 bits per heavy atom. The number of likely N-dealkylation sites (N-methyl/N-ethyl adjacent to an activating group) is 1. The molecule has 27 heavy (non-hydrogen) atoms. The number of carbonyl (C=O) groups excluding carboxylic acids is 4. The number of carbonyl (C=O) groups is 4. The molecule has 1 saturated heterocycles. The van der Waals surface area contributed by atoms with Gasteiger partial charge in [0.25, 0.3) is 0 Å². The fourth-order valence-electron chi connectivity index (χ4n) is 3.68. The van der Waals surface area contributed by atoms with Gasteiger partial charge in [0, 0.05) is 17.8 Å². The fraction of sp³-hybridized carbons (Fsp3) is 0.474. The first kappa shape index (κ1) is 19.4. The lowest BCUT2D eigenvalue weighted by atomic mass is 9.81. The molecule has 0 aromatic heterocycles. The molecule has 1 saturated carbocycles. The molecule has 0 bridgehead atoms. The zero-order valence-electron chi connectivity index (χ0n) is 15.1. The number of nitrogens with one attached hydrogen (secondary N) is 1. The molecule has 2 fully saturated rings. The molecule has 144 valence electrons. The Hall–Kier alpha value is -2.41. The summed E-state index contributed by atoms with van der Waals surface area (Å²) in [4.78, 5) is 51.7. The second-order valence-corrected chi connectivity index (χ2v) is 7.50. The van der Waals surface area contributed by atoms with E-state index in [9.17, 15) is 19.2 Å². The van der Waals surface area contributed by atoms with Crippen LogP contribution < -0.4 is 5.32 Å². The van der Waals surface area contributed by atoms with E-state index < -0.39 is 5.91 Å². The highest BCUT2D eigenvalue weighted by Crippen LogP contribution is 2.37. The first-order valence-corrected chi connectivity index (χ1v) is 9.39. The maximum absolute atomic E-state index is 12.4. The molecule has 3 rings (SSSR count). The first-order valence-electron chi connectivity index (χ1n) is 9.01. The van der Waals surface area contributed by atoms with Crippen LogP contribution in [-0.4, -0.2) is 53.6 Å². The van der Waals surface area contributed by atoms with Gasteiger partial charge < -0.3 is 10.2 Å². The third-order valence-corrected chi connectivity index (χ3v) is 5.41. The molecule has 8 heteroatoms. The van der Waals surface area contributed by atoms with Crippen molar-refractivity contribution >= 4 is 40.9 Å². The van der Waals surface area contributed by atoms with Crippen LogP contribution in [0.15, 0.2) is 24.3 Å². The van der Waals surface area contributed by atoms with E-state index in [4.69, 9.17) is 11.6 Å². The lowest BCUT2D eigenvalue weighted by molar-refractivity contribution is -0.146. The van der Waals surface area contributed by atoms with Crippen molar-refractivity contribution < 1.29 is 19.2 Å². The van der Waals surface area contributed by atoms with Gasteiger partial charge in [0.2, 0.25) is 23.6 Å². The van der Waals surface area contributed by atoms with Crippen molar-refractivity contribution in [2.45, 2.75) is 25.7 Å². The molecule has 4 amide bonds. The maximum Gasteiger partial charge on any atom is 0.243 e. The van der Waals surface area contributed by atoms with Crippen LogP contribution in [-0.2, 0) is 19.2 Å². The van der Waals surface area contributed by atoms with Crippen molar-refractivity contribution in [3.8, 4) is 0 Å². The normalized spacial score (nSPS) is 21.8. The van der Waals surface area contributed by atoms with Crippen molar-refractivity contribution in [1.29, 1.82) is 0 Å². The lowest BCUT2D eigenvalue weighted by Gasteiger charge is -2.20. The Kier molecular flexibility index (Phi) is 5.79. The maximum atomic E-state index is 12.4. The number of nitrogens with zero attached hydrogens (tertiary/aromatic N) is 2. The third kappa shape index (κ3) is 4.30. The average molecular weight is 392 g/mol. The van der Waals surface area contributed by atoms with Crippen molar-refractivity contribution in [2.24, 2.45) is 11.8 Å². The van der Waals surface area contributed by atoms with Crippen LogP contribution in [0.5, 0.6) is 0 Å². The van der Waals surface area contributed by atoms with E-state index in [0.717, 1.165) is 17.7 Å². The van der Waals surface area contributed by atoms with Crippen molar-refractivity contribution in [3.05, 3.63) is 29.3 Å². The number of benzene rings is 1. The van der Waals surface area contributed by atoms with E-state index in [0.29, 0.717) is 23.6 Å². The lowest BCUT2D eigenvalue weighted by Crippen LogP contribution is -2.44. The summed E-state index contributed by atoms with van der Waals surface area (Å²) in [5.74, 6) is -1.88. The van der Waals surface area contributed by atoms with E-state index in [1.54, 1.807) is 24.3 Å². The molecular formula is C19H22ClN3O4. The number of imide groups is 1. The zero-order valence-corrected chi connectivity index (χ0v) is 15.9. The van der Waals surface area contributed by atoms with Gasteiger partial charge in [0.15, 0.2) is 0 Å². The number of amides is 4. The molecule has 0 unspecified atom stereocenters. The highest BCUT2D eigenvalue weighted by atomic mass is 35.5. The van der Waals surface area contributed by atoms with Gasteiger partial charge in [-0.05, 0) is 37.1 Å². The molecule has 0 spiro atoms. The van der Waals surface area contributed by atoms with E-state index in [1.165, 1.54) is 11.9 Å². The zero-order chi connectivity index (χ0) is 19.6. The molecule has 2 atom stereocenters. The highest BCUT2D eigenvalue weighted by molar-refractivity contribution is 6.30. The second kappa shape index (κ2) is 8.08. The van der Waals surface area contributed by atoms with Crippen LogP contribution in [0, 0.1) is 11.8 Å². The van der Waals surface area contributed by atoms with Gasteiger partial charge >= 0.3 is 0 Å². The first-order chi connectivity index (χ1) is 12.9. The predicted octanol–water partition coefficient (Wildman–Crippen LogP) is 1.91. The van der Waals surface area contributed by atoms with E-state index in [-0.39, 0.29) is 42.6 Å². The Bertz CT molecular complexity index is 741. The van der Waals surface area contributed by atoms with Gasteiger partial charge in [0.05, 0.1) is 18.4 Å². The minimum Gasteiger partial charge on any atom is -0.335 e. The molecule has 1 aliphatic carbocycles. The Morgan fingerprint density at radius 3 is 2.22 bits per heavy atom. The topological polar surface area (TPSA) is 86.8 Å². The molecule has 7 nitrogen and oxygen atoms in total. The van der Waals surface area contributed by atoms with Crippen LogP contribution in [0.3, 0.4) is 0 Å². The van der Waals surface area contributed by atoms with Gasteiger partial charge in [-0.25, -0.2) is 0 Å². The number of halogens is 1.